The first-order chi connectivity index (χ1) is 13.0. The summed E-state index contributed by atoms with van der Waals surface area (Å²) in [6.07, 6.45) is 0.934. The van der Waals surface area contributed by atoms with Gasteiger partial charge in [-0.1, -0.05) is 26.0 Å². The van der Waals surface area contributed by atoms with Gasteiger partial charge in [0.15, 0.2) is 5.96 Å². The fourth-order valence-electron chi connectivity index (χ4n) is 2.99. The number of rotatable bonds is 6. The number of ether oxygens (including phenoxy) is 1. The number of guanidine groups is 1. The molecule has 0 spiro atoms. The second-order valence-corrected chi connectivity index (χ2v) is 6.94. The maximum Gasteiger partial charge on any atom is 0.255 e. The van der Waals surface area contributed by atoms with Crippen LogP contribution in [-0.2, 0) is 6.42 Å². The summed E-state index contributed by atoms with van der Waals surface area (Å²) in [4.78, 5) is 16.9. The summed E-state index contributed by atoms with van der Waals surface area (Å²) in [5.74, 6) is 1.90. The summed E-state index contributed by atoms with van der Waals surface area (Å²) < 4.78 is 5.49. The number of methoxy groups -OCH3 is 1. The Kier molecular flexibility index (Phi) is 5.96. The first kappa shape index (κ1) is 18.8. The van der Waals surface area contributed by atoms with E-state index >= 15 is 0 Å². The molecule has 27 heavy (non-hydrogen) atoms. The normalized spacial score (nSPS) is 13.1. The Morgan fingerprint density at radius 1 is 1.22 bits per heavy atom. The Balaban J connectivity index is 1.71. The average molecular weight is 366 g/mol. The second kappa shape index (κ2) is 8.58. The Morgan fingerprint density at radius 3 is 2.78 bits per heavy atom. The lowest BCUT2D eigenvalue weighted by molar-refractivity contribution is 0.102. The average Bonchev–Trinajstić information content (AvgIpc) is 3.15. The Labute approximate surface area is 160 Å². The van der Waals surface area contributed by atoms with Gasteiger partial charge >= 0.3 is 0 Å². The highest BCUT2D eigenvalue weighted by Gasteiger charge is 2.11. The molecule has 0 bridgehead atoms. The number of carbonyl (C=O) groups is 1. The molecular formula is C21H26N4O2. The molecule has 0 fully saturated rings. The van der Waals surface area contributed by atoms with Gasteiger partial charge in [0.25, 0.3) is 5.91 Å². The monoisotopic (exact) mass is 366 g/mol. The van der Waals surface area contributed by atoms with Gasteiger partial charge in [-0.3, -0.25) is 9.79 Å². The van der Waals surface area contributed by atoms with Gasteiger partial charge in [-0.2, -0.15) is 0 Å². The number of hydrogen-bond acceptors (Lipinski definition) is 5. The van der Waals surface area contributed by atoms with Crippen molar-refractivity contribution in [2.24, 2.45) is 10.9 Å². The third kappa shape index (κ3) is 5.00. The number of benzene rings is 2. The molecule has 1 heterocycles. The van der Waals surface area contributed by atoms with Crippen LogP contribution in [0.5, 0.6) is 5.75 Å². The van der Waals surface area contributed by atoms with Crippen LogP contribution in [0.15, 0.2) is 47.5 Å². The van der Waals surface area contributed by atoms with Crippen molar-refractivity contribution in [3.05, 3.63) is 53.6 Å². The van der Waals surface area contributed by atoms with E-state index in [1.54, 1.807) is 13.2 Å². The first-order valence-corrected chi connectivity index (χ1v) is 9.19. The van der Waals surface area contributed by atoms with Crippen molar-refractivity contribution in [3.8, 4) is 5.75 Å². The molecule has 2 aromatic rings. The Hall–Kier alpha value is -3.02. The topological polar surface area (TPSA) is 74.8 Å². The standard InChI is InChI=1S/C21H26N4O2/c1-14(2)11-15-7-8-18(13-19(15)27-3)24-20(26)16-5-4-6-17(12-16)25-21-22-9-10-23-21/h4-8,12-14H,9-11H2,1-3H3,(H,24,26)(H2,22,23,25). The van der Waals surface area contributed by atoms with Crippen molar-refractivity contribution in [3.63, 3.8) is 0 Å². The zero-order valence-corrected chi connectivity index (χ0v) is 16.0. The van der Waals surface area contributed by atoms with E-state index in [-0.39, 0.29) is 5.91 Å². The van der Waals surface area contributed by atoms with Crippen molar-refractivity contribution in [1.29, 1.82) is 0 Å². The third-order valence-corrected chi connectivity index (χ3v) is 4.23. The molecule has 0 unspecified atom stereocenters. The molecule has 3 N–H and O–H groups in total. The van der Waals surface area contributed by atoms with Crippen LogP contribution in [0, 0.1) is 5.92 Å². The quantitative estimate of drug-likeness (QED) is 0.731. The zero-order valence-electron chi connectivity index (χ0n) is 16.0. The molecule has 1 aliphatic heterocycles. The van der Waals surface area contributed by atoms with Gasteiger partial charge < -0.3 is 20.7 Å². The minimum Gasteiger partial charge on any atom is -0.496 e. The molecule has 1 amide bonds. The van der Waals surface area contributed by atoms with E-state index in [1.807, 2.05) is 36.4 Å². The lowest BCUT2D eigenvalue weighted by Gasteiger charge is -2.13. The van der Waals surface area contributed by atoms with Gasteiger partial charge in [0.1, 0.15) is 5.75 Å². The molecule has 142 valence electrons. The number of hydrogen-bond donors (Lipinski definition) is 3. The van der Waals surface area contributed by atoms with Crippen molar-refractivity contribution in [2.45, 2.75) is 20.3 Å². The van der Waals surface area contributed by atoms with Crippen molar-refractivity contribution in [1.82, 2.24) is 5.32 Å². The van der Waals surface area contributed by atoms with E-state index in [2.05, 4.69) is 34.8 Å². The third-order valence-electron chi connectivity index (χ3n) is 4.23. The van der Waals surface area contributed by atoms with E-state index in [4.69, 9.17) is 4.74 Å². The summed E-state index contributed by atoms with van der Waals surface area (Å²) in [6, 6.07) is 13.1. The van der Waals surface area contributed by atoms with Crippen molar-refractivity contribution < 1.29 is 9.53 Å². The molecule has 1 aliphatic rings. The molecular weight excluding hydrogens is 340 g/mol. The van der Waals surface area contributed by atoms with Gasteiger partial charge in [0.2, 0.25) is 0 Å². The lowest BCUT2D eigenvalue weighted by Crippen LogP contribution is -2.26. The summed E-state index contributed by atoms with van der Waals surface area (Å²) in [7, 11) is 1.65. The SMILES string of the molecule is COc1cc(NC(=O)c2cccc(NC3=NCCN3)c2)ccc1CC(C)C. The van der Waals surface area contributed by atoms with E-state index in [1.165, 1.54) is 0 Å². The predicted octanol–water partition coefficient (Wildman–Crippen LogP) is 3.52. The minimum absolute atomic E-state index is 0.168. The van der Waals surface area contributed by atoms with Gasteiger partial charge in [0, 0.05) is 29.5 Å². The van der Waals surface area contributed by atoms with Crippen molar-refractivity contribution >= 4 is 23.2 Å². The van der Waals surface area contributed by atoms with E-state index in [0.29, 0.717) is 17.2 Å². The summed E-state index contributed by atoms with van der Waals surface area (Å²) in [6.45, 7) is 5.93. The molecule has 0 aromatic heterocycles. The lowest BCUT2D eigenvalue weighted by atomic mass is 10.0. The molecule has 0 saturated carbocycles. The molecule has 0 saturated heterocycles. The van der Waals surface area contributed by atoms with Crippen LogP contribution in [0.3, 0.4) is 0 Å². The molecule has 6 heteroatoms. The number of aliphatic imine (C=N–C) groups is 1. The van der Waals surface area contributed by atoms with E-state index in [9.17, 15) is 4.79 Å². The highest BCUT2D eigenvalue weighted by atomic mass is 16.5. The maximum atomic E-state index is 12.6. The Morgan fingerprint density at radius 2 is 2.07 bits per heavy atom. The zero-order chi connectivity index (χ0) is 19.2. The molecule has 0 atom stereocenters. The summed E-state index contributed by atoms with van der Waals surface area (Å²) in [5.41, 5.74) is 3.25. The summed E-state index contributed by atoms with van der Waals surface area (Å²) in [5, 5.41) is 9.27. The molecule has 2 aromatic carbocycles. The van der Waals surface area contributed by atoms with Crippen molar-refractivity contribution in [2.75, 3.05) is 30.8 Å². The van der Waals surface area contributed by atoms with Gasteiger partial charge in [0.05, 0.1) is 13.7 Å². The number of carbonyl (C=O) groups excluding carboxylic acids is 1. The Bertz CT molecular complexity index is 846. The van der Waals surface area contributed by atoms with Crippen LogP contribution in [0.2, 0.25) is 0 Å². The first-order valence-electron chi connectivity index (χ1n) is 9.19. The fourth-order valence-corrected chi connectivity index (χ4v) is 2.99. The predicted molar refractivity (Wildman–Crippen MR) is 110 cm³/mol. The fraction of sp³-hybridized carbons (Fsp3) is 0.333. The molecule has 0 radical (unpaired) electrons. The van der Waals surface area contributed by atoms with E-state index < -0.39 is 0 Å². The number of anilines is 2. The minimum atomic E-state index is -0.168. The van der Waals surface area contributed by atoms with E-state index in [0.717, 1.165) is 42.5 Å². The second-order valence-electron chi connectivity index (χ2n) is 6.94. The highest BCUT2D eigenvalue weighted by molar-refractivity contribution is 6.05. The van der Waals surface area contributed by atoms with Crippen LogP contribution in [0.4, 0.5) is 11.4 Å². The van der Waals surface area contributed by atoms with Gasteiger partial charge in [-0.15, -0.1) is 0 Å². The van der Waals surface area contributed by atoms with Crippen LogP contribution in [0.25, 0.3) is 0 Å². The number of nitrogens with zero attached hydrogens (tertiary/aromatic N) is 1. The smallest absolute Gasteiger partial charge is 0.255 e. The van der Waals surface area contributed by atoms with Crippen LogP contribution in [-0.4, -0.2) is 32.1 Å². The van der Waals surface area contributed by atoms with Crippen LogP contribution < -0.4 is 20.7 Å². The number of amides is 1. The molecule has 6 nitrogen and oxygen atoms in total. The highest BCUT2D eigenvalue weighted by Crippen LogP contribution is 2.26. The van der Waals surface area contributed by atoms with Gasteiger partial charge in [-0.25, -0.2) is 0 Å². The van der Waals surface area contributed by atoms with Crippen LogP contribution in [0.1, 0.15) is 29.8 Å². The summed E-state index contributed by atoms with van der Waals surface area (Å²) >= 11 is 0. The number of nitrogens with one attached hydrogen (secondary N) is 3. The van der Waals surface area contributed by atoms with Crippen LogP contribution >= 0.6 is 0 Å². The largest absolute Gasteiger partial charge is 0.496 e. The molecule has 3 rings (SSSR count). The van der Waals surface area contributed by atoms with Gasteiger partial charge in [-0.05, 0) is 42.2 Å². The molecule has 0 aliphatic carbocycles. The maximum absolute atomic E-state index is 12.6.